The molecule has 1 fully saturated rings. The van der Waals surface area contributed by atoms with Crippen molar-refractivity contribution in [1.82, 2.24) is 15.5 Å². The number of ether oxygens (including phenoxy) is 1. The lowest BCUT2D eigenvalue weighted by Gasteiger charge is -2.34. The van der Waals surface area contributed by atoms with Crippen LogP contribution in [0.5, 0.6) is 0 Å². The predicted molar refractivity (Wildman–Crippen MR) is 118 cm³/mol. The molecule has 1 heterocycles. The van der Waals surface area contributed by atoms with Crippen LogP contribution in [-0.2, 0) is 16.0 Å². The normalized spacial score (nSPS) is 19.0. The molecule has 0 saturated carbocycles. The number of primary amides is 1. The van der Waals surface area contributed by atoms with Crippen molar-refractivity contribution in [3.63, 3.8) is 0 Å². The smallest absolute Gasteiger partial charge is 0.222 e. The first-order valence-corrected chi connectivity index (χ1v) is 10.8. The van der Waals surface area contributed by atoms with Crippen LogP contribution < -0.4 is 16.4 Å². The Morgan fingerprint density at radius 3 is 2.70 bits per heavy atom. The first-order valence-electron chi connectivity index (χ1n) is 10.8. The number of aliphatic imine (C=N–C) groups is 1. The number of carbonyl (C=O) groups is 1. The molecule has 2 atom stereocenters. The molecule has 4 N–H and O–H groups in total. The van der Waals surface area contributed by atoms with Crippen LogP contribution in [0.15, 0.2) is 29.3 Å². The van der Waals surface area contributed by atoms with E-state index in [1.807, 2.05) is 6.92 Å². The number of morpholine rings is 1. The molecule has 1 aromatic carbocycles. The van der Waals surface area contributed by atoms with E-state index in [0.29, 0.717) is 31.4 Å². The third-order valence-corrected chi connectivity index (χ3v) is 4.96. The number of hydrogen-bond donors (Lipinski definition) is 3. The van der Waals surface area contributed by atoms with Crippen LogP contribution in [0, 0.1) is 17.7 Å². The van der Waals surface area contributed by atoms with E-state index < -0.39 is 11.8 Å². The van der Waals surface area contributed by atoms with Gasteiger partial charge < -0.3 is 21.1 Å². The fraction of sp³-hybridized carbons (Fsp3) is 0.636. The molecule has 1 aliphatic rings. The molecule has 0 aliphatic carbocycles. The van der Waals surface area contributed by atoms with Gasteiger partial charge in [-0.1, -0.05) is 26.0 Å². The van der Waals surface area contributed by atoms with E-state index in [-0.39, 0.29) is 18.5 Å². The fourth-order valence-corrected chi connectivity index (χ4v) is 3.50. The highest BCUT2D eigenvalue weighted by molar-refractivity contribution is 5.81. The lowest BCUT2D eigenvalue weighted by atomic mass is 9.99. The van der Waals surface area contributed by atoms with Crippen LogP contribution in [-0.4, -0.2) is 68.7 Å². The maximum absolute atomic E-state index is 13.1. The summed E-state index contributed by atoms with van der Waals surface area (Å²) < 4.78 is 19.0. The first kappa shape index (κ1) is 24.1. The van der Waals surface area contributed by atoms with Gasteiger partial charge in [-0.2, -0.15) is 0 Å². The summed E-state index contributed by atoms with van der Waals surface area (Å²) in [7, 11) is 0. The van der Waals surface area contributed by atoms with Crippen molar-refractivity contribution in [3.8, 4) is 0 Å². The number of benzene rings is 1. The number of nitrogens with one attached hydrogen (secondary N) is 2. The zero-order valence-corrected chi connectivity index (χ0v) is 18.4. The zero-order valence-electron chi connectivity index (χ0n) is 18.4. The second-order valence-electron chi connectivity index (χ2n) is 8.18. The van der Waals surface area contributed by atoms with Crippen molar-refractivity contribution in [1.29, 1.82) is 0 Å². The number of nitrogens with two attached hydrogens (primary N) is 1. The van der Waals surface area contributed by atoms with Crippen molar-refractivity contribution in [2.75, 3.05) is 45.9 Å². The number of rotatable bonds is 10. The summed E-state index contributed by atoms with van der Waals surface area (Å²) in [5.74, 6) is 0.0787. The molecule has 0 radical (unpaired) electrons. The Labute approximate surface area is 179 Å². The van der Waals surface area contributed by atoms with E-state index in [1.165, 1.54) is 12.1 Å². The number of hydrogen-bond acceptors (Lipinski definition) is 4. The average Bonchev–Trinajstić information content (AvgIpc) is 2.70. The van der Waals surface area contributed by atoms with Crippen LogP contribution in [0.2, 0.25) is 0 Å². The molecule has 0 spiro atoms. The van der Waals surface area contributed by atoms with Gasteiger partial charge in [-0.3, -0.25) is 14.7 Å². The summed E-state index contributed by atoms with van der Waals surface area (Å²) in [4.78, 5) is 18.9. The van der Waals surface area contributed by atoms with Crippen LogP contribution in [0.1, 0.15) is 26.3 Å². The van der Waals surface area contributed by atoms with Gasteiger partial charge in [0.2, 0.25) is 5.91 Å². The minimum atomic E-state index is -0.460. The SMILES string of the molecule is CCNC(=NCC(Cc1ccc(F)cc1)C(N)=O)NCC1CN(CC(C)C)CCO1. The molecule has 0 bridgehead atoms. The zero-order chi connectivity index (χ0) is 21.9. The monoisotopic (exact) mass is 421 g/mol. The number of halogens is 1. The number of amides is 1. The predicted octanol–water partition coefficient (Wildman–Crippen LogP) is 1.38. The highest BCUT2D eigenvalue weighted by Gasteiger charge is 2.21. The van der Waals surface area contributed by atoms with Gasteiger partial charge in [0.25, 0.3) is 0 Å². The molecule has 8 heteroatoms. The molecule has 30 heavy (non-hydrogen) atoms. The number of carbonyl (C=O) groups excluding carboxylic acids is 1. The Hall–Kier alpha value is -2.19. The molecule has 168 valence electrons. The molecule has 0 aromatic heterocycles. The Kier molecular flexibility index (Phi) is 10.0. The fourth-order valence-electron chi connectivity index (χ4n) is 3.50. The topological polar surface area (TPSA) is 92.0 Å². The van der Waals surface area contributed by atoms with Crippen molar-refractivity contribution in [2.24, 2.45) is 22.6 Å². The molecule has 2 unspecified atom stereocenters. The molecule has 1 amide bonds. The standard InChI is InChI=1S/C22H36FN5O2/c1-4-25-22(27-13-20-15-28(9-10-30-20)14-16(2)3)26-12-18(21(24)29)11-17-5-7-19(23)8-6-17/h5-8,16,18,20H,4,9-15H2,1-3H3,(H2,24,29)(H2,25,26,27). The van der Waals surface area contributed by atoms with Crippen molar-refractivity contribution >= 4 is 11.9 Å². The van der Waals surface area contributed by atoms with Gasteiger partial charge >= 0.3 is 0 Å². The summed E-state index contributed by atoms with van der Waals surface area (Å²) in [6.45, 7) is 11.7. The Balaban J connectivity index is 1.91. The minimum absolute atomic E-state index is 0.0903. The maximum Gasteiger partial charge on any atom is 0.222 e. The second kappa shape index (κ2) is 12.5. The minimum Gasteiger partial charge on any atom is -0.374 e. The highest BCUT2D eigenvalue weighted by atomic mass is 19.1. The van der Waals surface area contributed by atoms with Crippen molar-refractivity contribution in [2.45, 2.75) is 33.3 Å². The van der Waals surface area contributed by atoms with E-state index in [4.69, 9.17) is 10.5 Å². The van der Waals surface area contributed by atoms with Gasteiger partial charge in [0.05, 0.1) is 25.2 Å². The van der Waals surface area contributed by atoms with Gasteiger partial charge in [0.15, 0.2) is 5.96 Å². The third-order valence-electron chi connectivity index (χ3n) is 4.96. The lowest BCUT2D eigenvalue weighted by molar-refractivity contribution is -0.121. The summed E-state index contributed by atoms with van der Waals surface area (Å²) >= 11 is 0. The quantitative estimate of drug-likeness (QED) is 0.392. The van der Waals surface area contributed by atoms with Crippen molar-refractivity contribution in [3.05, 3.63) is 35.6 Å². The highest BCUT2D eigenvalue weighted by Crippen LogP contribution is 2.11. The van der Waals surface area contributed by atoms with Gasteiger partial charge in [-0.15, -0.1) is 0 Å². The second-order valence-corrected chi connectivity index (χ2v) is 8.18. The maximum atomic E-state index is 13.1. The molecular formula is C22H36FN5O2. The van der Waals surface area contributed by atoms with Crippen molar-refractivity contribution < 1.29 is 13.9 Å². The average molecular weight is 422 g/mol. The summed E-state index contributed by atoms with van der Waals surface area (Å²) in [5.41, 5.74) is 6.43. The van der Waals surface area contributed by atoms with Gasteiger partial charge in [0.1, 0.15) is 5.82 Å². The summed E-state index contributed by atoms with van der Waals surface area (Å²) in [6.07, 6.45) is 0.515. The largest absolute Gasteiger partial charge is 0.374 e. The Bertz CT molecular complexity index is 681. The summed E-state index contributed by atoms with van der Waals surface area (Å²) in [5, 5.41) is 6.51. The molecule has 7 nitrogen and oxygen atoms in total. The molecule has 2 rings (SSSR count). The number of nitrogens with zero attached hydrogens (tertiary/aromatic N) is 2. The van der Waals surface area contributed by atoms with Crippen LogP contribution in [0.4, 0.5) is 4.39 Å². The Morgan fingerprint density at radius 2 is 2.07 bits per heavy atom. The molecular weight excluding hydrogens is 385 g/mol. The van der Waals surface area contributed by atoms with Crippen LogP contribution >= 0.6 is 0 Å². The van der Waals surface area contributed by atoms with E-state index >= 15 is 0 Å². The van der Waals surface area contributed by atoms with E-state index in [0.717, 1.165) is 31.8 Å². The first-order chi connectivity index (χ1) is 14.4. The molecule has 1 saturated heterocycles. The van der Waals surface area contributed by atoms with E-state index in [1.54, 1.807) is 12.1 Å². The van der Waals surface area contributed by atoms with Crippen LogP contribution in [0.25, 0.3) is 0 Å². The van der Waals surface area contributed by atoms with Gasteiger partial charge in [0, 0.05) is 32.7 Å². The molecule has 1 aromatic rings. The van der Waals surface area contributed by atoms with E-state index in [9.17, 15) is 9.18 Å². The van der Waals surface area contributed by atoms with Gasteiger partial charge in [-0.25, -0.2) is 4.39 Å². The van der Waals surface area contributed by atoms with E-state index in [2.05, 4.69) is 34.4 Å². The lowest BCUT2D eigenvalue weighted by Crippen LogP contribution is -2.50. The number of guanidine groups is 1. The summed E-state index contributed by atoms with van der Waals surface area (Å²) in [6, 6.07) is 6.10. The van der Waals surface area contributed by atoms with Crippen LogP contribution in [0.3, 0.4) is 0 Å². The van der Waals surface area contributed by atoms with Gasteiger partial charge in [-0.05, 0) is 37.0 Å². The molecule has 1 aliphatic heterocycles. The Morgan fingerprint density at radius 1 is 1.33 bits per heavy atom. The third kappa shape index (κ3) is 8.67.